The van der Waals surface area contributed by atoms with Crippen LogP contribution in [0.4, 0.5) is 14.6 Å². The molecule has 0 radical (unpaired) electrons. The lowest BCUT2D eigenvalue weighted by Gasteiger charge is -2.35. The summed E-state index contributed by atoms with van der Waals surface area (Å²) in [4.78, 5) is 18.7. The monoisotopic (exact) mass is 622 g/mol. The number of terminal acetylenes is 1. The number of benzene rings is 2. The number of piperazine rings is 1. The van der Waals surface area contributed by atoms with Crippen molar-refractivity contribution >= 4 is 27.5 Å². The molecule has 236 valence electrons. The molecule has 0 amide bonds. The average Bonchev–Trinajstić information content (AvgIpc) is 3.79. The van der Waals surface area contributed by atoms with Crippen LogP contribution in [0, 0.1) is 24.1 Å². The van der Waals surface area contributed by atoms with Gasteiger partial charge in [0.2, 0.25) is 0 Å². The van der Waals surface area contributed by atoms with Crippen LogP contribution >= 0.6 is 0 Å². The Morgan fingerprint density at radius 2 is 1.93 bits per heavy atom. The summed E-state index contributed by atoms with van der Waals surface area (Å²) in [5.41, 5.74) is 0.702. The van der Waals surface area contributed by atoms with E-state index in [0.29, 0.717) is 70.1 Å². The number of alkyl halides is 1. The molecule has 1 aliphatic carbocycles. The highest BCUT2D eigenvalue weighted by atomic mass is 19.1. The van der Waals surface area contributed by atoms with E-state index in [0.717, 1.165) is 38.8 Å². The molecular formula is C36H36F2N6O2. The summed E-state index contributed by atoms with van der Waals surface area (Å²) in [6, 6.07) is 9.68. The smallest absolute Gasteiger partial charge is 0.319 e. The fraction of sp³-hybridized carbons (Fsp3) is 0.472. The summed E-state index contributed by atoms with van der Waals surface area (Å²) in [6.45, 7) is 2.18. The predicted octanol–water partition coefficient (Wildman–Crippen LogP) is 5.35. The first-order chi connectivity index (χ1) is 22.4. The Labute approximate surface area is 266 Å². The number of aromatic nitrogens is 3. The van der Waals surface area contributed by atoms with Crippen LogP contribution in [-0.4, -0.2) is 81.0 Å². The summed E-state index contributed by atoms with van der Waals surface area (Å²) < 4.78 is 38.2. The van der Waals surface area contributed by atoms with E-state index in [4.69, 9.17) is 16.1 Å². The molecule has 3 unspecified atom stereocenters. The minimum Gasteiger partial charge on any atom is -0.508 e. The Kier molecular flexibility index (Phi) is 6.42. The van der Waals surface area contributed by atoms with Crippen molar-refractivity contribution in [1.82, 2.24) is 25.2 Å². The van der Waals surface area contributed by atoms with Crippen molar-refractivity contribution in [3.63, 3.8) is 0 Å². The zero-order chi connectivity index (χ0) is 31.2. The van der Waals surface area contributed by atoms with Crippen LogP contribution in [0.5, 0.6) is 11.8 Å². The van der Waals surface area contributed by atoms with Gasteiger partial charge < -0.3 is 20.1 Å². The van der Waals surface area contributed by atoms with E-state index in [1.807, 2.05) is 12.1 Å². The second-order valence-electron chi connectivity index (χ2n) is 14.0. The maximum Gasteiger partial charge on any atom is 0.319 e. The van der Waals surface area contributed by atoms with Crippen molar-refractivity contribution in [2.45, 2.75) is 74.8 Å². The van der Waals surface area contributed by atoms with E-state index in [-0.39, 0.29) is 29.6 Å². The number of nitrogens with zero attached hydrogens (tertiary/aromatic N) is 5. The highest BCUT2D eigenvalue weighted by Gasteiger charge is 2.58. The maximum atomic E-state index is 16.9. The zero-order valence-corrected chi connectivity index (χ0v) is 25.6. The molecular weight excluding hydrogens is 586 g/mol. The Hall–Kier alpha value is -4.07. The molecule has 2 N–H and O–H groups in total. The first-order valence-corrected chi connectivity index (χ1v) is 16.5. The molecule has 6 heterocycles. The van der Waals surface area contributed by atoms with Gasteiger partial charge in [0.05, 0.1) is 10.9 Å². The number of anilines is 1. The fourth-order valence-electron chi connectivity index (χ4n) is 9.45. The molecule has 8 nitrogen and oxygen atoms in total. The van der Waals surface area contributed by atoms with Gasteiger partial charge in [-0.2, -0.15) is 9.97 Å². The zero-order valence-electron chi connectivity index (χ0n) is 25.6. The molecule has 4 aliphatic heterocycles. The van der Waals surface area contributed by atoms with Crippen LogP contribution in [0.3, 0.4) is 0 Å². The Bertz CT molecular complexity index is 1920. The van der Waals surface area contributed by atoms with Gasteiger partial charge in [0.25, 0.3) is 0 Å². The summed E-state index contributed by atoms with van der Waals surface area (Å²) in [6.07, 6.45) is 13.5. The molecule has 2 bridgehead atoms. The predicted molar refractivity (Wildman–Crippen MR) is 172 cm³/mol. The van der Waals surface area contributed by atoms with E-state index in [2.05, 4.69) is 31.0 Å². The number of ether oxygens (including phenoxy) is 1. The van der Waals surface area contributed by atoms with Crippen molar-refractivity contribution in [3.8, 4) is 35.4 Å². The number of fused-ring (bicyclic) bond motifs is 7. The van der Waals surface area contributed by atoms with Crippen molar-refractivity contribution in [2.24, 2.45) is 5.92 Å². The van der Waals surface area contributed by atoms with Gasteiger partial charge in [0, 0.05) is 66.9 Å². The highest BCUT2D eigenvalue weighted by Crippen LogP contribution is 2.52. The summed E-state index contributed by atoms with van der Waals surface area (Å²) in [7, 11) is 0. The Morgan fingerprint density at radius 3 is 2.76 bits per heavy atom. The summed E-state index contributed by atoms with van der Waals surface area (Å²) in [5.74, 6) is 3.19. The van der Waals surface area contributed by atoms with Gasteiger partial charge in [-0.15, -0.1) is 6.42 Å². The van der Waals surface area contributed by atoms with E-state index >= 15 is 4.39 Å². The standard InChI is InChI=1S/C36H36F2N6O2/c1-2-20-5-3-6-21-11-26(45)12-27(30(20)21)32-31(38)33-28(15-39-32)34(43-17-24-9-10-25(18-43)40-24)42-35(41-33)46-19-36-13-22-7-4-8-29(22)44(36)16-23(37)14-36/h1,3,5-6,11-12,15,22-25,29,40,45H,4,7-10,13-14,16-19H2/t22-,23-,24?,25?,29-,36?/m0/s1. The number of hydrogen-bond donors (Lipinski definition) is 2. The first kappa shape index (κ1) is 28.2. The number of rotatable bonds is 5. The molecule has 2 aromatic carbocycles. The number of hydrogen-bond acceptors (Lipinski definition) is 8. The van der Waals surface area contributed by atoms with Gasteiger partial charge in [0.15, 0.2) is 5.82 Å². The molecule has 4 saturated heterocycles. The molecule has 9 rings (SSSR count). The molecule has 6 atom stereocenters. The second kappa shape index (κ2) is 10.5. The minimum atomic E-state index is -0.884. The minimum absolute atomic E-state index is 0.0190. The largest absolute Gasteiger partial charge is 0.508 e. The third-order valence-electron chi connectivity index (χ3n) is 11.3. The van der Waals surface area contributed by atoms with Gasteiger partial charge in [-0.3, -0.25) is 9.88 Å². The van der Waals surface area contributed by atoms with Crippen molar-refractivity contribution in [2.75, 3.05) is 31.1 Å². The number of nitrogens with one attached hydrogen (secondary N) is 1. The molecule has 4 aromatic rings. The fourth-order valence-corrected chi connectivity index (χ4v) is 9.45. The van der Waals surface area contributed by atoms with E-state index < -0.39 is 17.5 Å². The van der Waals surface area contributed by atoms with E-state index in [1.54, 1.807) is 18.3 Å². The average molecular weight is 623 g/mol. The van der Waals surface area contributed by atoms with Gasteiger partial charge in [-0.1, -0.05) is 24.5 Å². The van der Waals surface area contributed by atoms with Gasteiger partial charge in [-0.05, 0) is 61.6 Å². The van der Waals surface area contributed by atoms with Crippen LogP contribution in [0.25, 0.3) is 32.9 Å². The van der Waals surface area contributed by atoms with Gasteiger partial charge in [0.1, 0.15) is 35.6 Å². The van der Waals surface area contributed by atoms with Crippen LogP contribution < -0.4 is 15.0 Å². The number of phenolic OH excluding ortho intramolecular Hbond substituents is 1. The summed E-state index contributed by atoms with van der Waals surface area (Å²) in [5, 5.41) is 16.1. The number of aromatic hydroxyl groups is 1. The molecule has 1 saturated carbocycles. The molecule has 46 heavy (non-hydrogen) atoms. The molecule has 2 aromatic heterocycles. The molecule has 5 fully saturated rings. The lowest BCUT2D eigenvalue weighted by molar-refractivity contribution is 0.0832. The van der Waals surface area contributed by atoms with Crippen LogP contribution in [0.15, 0.2) is 36.5 Å². The number of halogens is 2. The van der Waals surface area contributed by atoms with Crippen LogP contribution in [-0.2, 0) is 0 Å². The highest BCUT2D eigenvalue weighted by molar-refractivity contribution is 6.02. The van der Waals surface area contributed by atoms with Crippen molar-refractivity contribution in [1.29, 1.82) is 0 Å². The van der Waals surface area contributed by atoms with Gasteiger partial charge >= 0.3 is 6.01 Å². The van der Waals surface area contributed by atoms with E-state index in [9.17, 15) is 9.50 Å². The lowest BCUT2D eigenvalue weighted by atomic mass is 9.89. The third-order valence-corrected chi connectivity index (χ3v) is 11.3. The van der Waals surface area contributed by atoms with E-state index in [1.165, 1.54) is 18.9 Å². The Balaban J connectivity index is 1.16. The SMILES string of the molecule is C#Cc1cccc2cc(O)cc(-c3ncc4c(N5CC6CCC(C5)N6)nc(OCC56C[C@H](F)CN5[C@H]5CCC[C@H]5C6)nc4c3F)c12. The second-order valence-corrected chi connectivity index (χ2v) is 14.0. The Morgan fingerprint density at radius 1 is 1.09 bits per heavy atom. The van der Waals surface area contributed by atoms with Crippen LogP contribution in [0.2, 0.25) is 0 Å². The number of phenols is 1. The molecule has 10 heteroatoms. The molecule has 0 spiro atoms. The number of pyridine rings is 1. The quantitative estimate of drug-likeness (QED) is 0.289. The summed E-state index contributed by atoms with van der Waals surface area (Å²) >= 11 is 0. The topological polar surface area (TPSA) is 86.6 Å². The first-order valence-electron chi connectivity index (χ1n) is 16.5. The van der Waals surface area contributed by atoms with Crippen molar-refractivity contribution < 1.29 is 18.6 Å². The van der Waals surface area contributed by atoms with Gasteiger partial charge in [-0.25, -0.2) is 8.78 Å². The lowest BCUT2D eigenvalue weighted by Crippen LogP contribution is -2.51. The molecule has 5 aliphatic rings. The van der Waals surface area contributed by atoms with Crippen molar-refractivity contribution in [3.05, 3.63) is 47.9 Å². The maximum absolute atomic E-state index is 16.9. The van der Waals surface area contributed by atoms with Crippen LogP contribution in [0.1, 0.15) is 50.5 Å². The normalized spacial score (nSPS) is 30.2. The third kappa shape index (κ3) is 4.35.